The smallest absolute Gasteiger partial charge is 0.342 e. The molecule has 37 heavy (non-hydrogen) atoms. The molecule has 5 rings (SSSR count). The van der Waals surface area contributed by atoms with E-state index in [4.69, 9.17) is 0 Å². The lowest BCUT2D eigenvalue weighted by molar-refractivity contribution is 0.102. The van der Waals surface area contributed by atoms with Crippen molar-refractivity contribution in [3.63, 3.8) is 0 Å². The van der Waals surface area contributed by atoms with Crippen LogP contribution in [0.2, 0.25) is 0 Å². The molecule has 8 heteroatoms. The molecule has 188 valence electrons. The molecule has 0 saturated heterocycles. The maximum absolute atomic E-state index is 13.2. The van der Waals surface area contributed by atoms with Gasteiger partial charge < -0.3 is 15.7 Å². The number of rotatable bonds is 6. The van der Waals surface area contributed by atoms with Gasteiger partial charge in [-0.25, -0.2) is 4.79 Å². The first-order valence-electron chi connectivity index (χ1n) is 12.5. The van der Waals surface area contributed by atoms with E-state index in [1.54, 1.807) is 30.5 Å². The van der Waals surface area contributed by atoms with Gasteiger partial charge in [-0.3, -0.25) is 9.78 Å². The molecule has 0 atom stereocenters. The van der Waals surface area contributed by atoms with Crippen LogP contribution in [0.5, 0.6) is 5.75 Å². The molecule has 0 unspecified atom stereocenters. The summed E-state index contributed by atoms with van der Waals surface area (Å²) in [6.45, 7) is 2.42. The zero-order chi connectivity index (χ0) is 25.8. The van der Waals surface area contributed by atoms with Crippen molar-refractivity contribution in [1.82, 2.24) is 20.1 Å². The molecular weight excluding hydrogens is 466 g/mol. The summed E-state index contributed by atoms with van der Waals surface area (Å²) in [5, 5.41) is 21.1. The third-order valence-electron chi connectivity index (χ3n) is 6.68. The van der Waals surface area contributed by atoms with Gasteiger partial charge in [-0.15, -0.1) is 0 Å². The summed E-state index contributed by atoms with van der Waals surface area (Å²) in [7, 11) is 0. The predicted molar refractivity (Wildman–Crippen MR) is 142 cm³/mol. The summed E-state index contributed by atoms with van der Waals surface area (Å²) in [6, 6.07) is 17.8. The third kappa shape index (κ3) is 5.53. The van der Waals surface area contributed by atoms with Crippen molar-refractivity contribution in [3.8, 4) is 17.0 Å². The molecular formula is C29H29N5O3. The molecule has 1 saturated carbocycles. The zero-order valence-corrected chi connectivity index (χ0v) is 20.6. The molecule has 0 radical (unpaired) electrons. The average Bonchev–Trinajstić information content (AvgIpc) is 3.58. The van der Waals surface area contributed by atoms with Gasteiger partial charge >= 0.3 is 6.03 Å². The highest BCUT2D eigenvalue weighted by molar-refractivity contribution is 6.04. The number of hydrogen-bond acceptors (Lipinski definition) is 5. The van der Waals surface area contributed by atoms with Gasteiger partial charge in [-0.05, 0) is 55.7 Å². The van der Waals surface area contributed by atoms with E-state index in [0.29, 0.717) is 29.1 Å². The topological polar surface area (TPSA) is 109 Å². The SMILES string of the molecule is Cc1cccc(CNC(=O)n2nc(-c3ccc(NC(=O)c4cccnc4)cc3O)cc2C2CCCC2)c1. The van der Waals surface area contributed by atoms with Crippen LogP contribution < -0.4 is 10.6 Å². The first kappa shape index (κ1) is 24.2. The van der Waals surface area contributed by atoms with Crippen LogP contribution in [0.3, 0.4) is 0 Å². The Morgan fingerprint density at radius 2 is 1.89 bits per heavy atom. The largest absolute Gasteiger partial charge is 0.507 e. The van der Waals surface area contributed by atoms with Crippen molar-refractivity contribution in [1.29, 1.82) is 0 Å². The highest BCUT2D eigenvalue weighted by Crippen LogP contribution is 2.38. The fourth-order valence-corrected chi connectivity index (χ4v) is 4.80. The van der Waals surface area contributed by atoms with Gasteiger partial charge in [0.1, 0.15) is 5.75 Å². The normalized spacial score (nSPS) is 13.4. The fourth-order valence-electron chi connectivity index (χ4n) is 4.80. The number of carbonyl (C=O) groups is 2. The molecule has 0 bridgehead atoms. The molecule has 2 aromatic carbocycles. The number of amides is 2. The van der Waals surface area contributed by atoms with E-state index >= 15 is 0 Å². The highest BCUT2D eigenvalue weighted by atomic mass is 16.3. The van der Waals surface area contributed by atoms with E-state index < -0.39 is 0 Å². The molecule has 2 heterocycles. The average molecular weight is 496 g/mol. The Kier molecular flexibility index (Phi) is 6.98. The molecule has 8 nitrogen and oxygen atoms in total. The molecule has 2 aromatic heterocycles. The predicted octanol–water partition coefficient (Wildman–Crippen LogP) is 5.63. The lowest BCUT2D eigenvalue weighted by Gasteiger charge is -2.12. The maximum atomic E-state index is 13.2. The third-order valence-corrected chi connectivity index (χ3v) is 6.68. The number of phenolic OH excluding ortho intramolecular Hbond substituents is 1. The number of aromatic hydroxyl groups is 1. The molecule has 2 amide bonds. The molecule has 0 spiro atoms. The van der Waals surface area contributed by atoms with Crippen LogP contribution in [0.25, 0.3) is 11.3 Å². The van der Waals surface area contributed by atoms with Gasteiger partial charge in [-0.1, -0.05) is 42.7 Å². The standard InChI is InChI=1S/C29H29N5O3/c1-19-6-4-7-20(14-19)17-31-29(37)34-26(21-8-2-3-9-21)16-25(33-34)24-12-11-23(15-27(24)35)32-28(36)22-10-5-13-30-18-22/h4-7,10-16,18,21,35H,2-3,8-9,17H2,1H3,(H,31,37)(H,32,36). The van der Waals surface area contributed by atoms with Crippen LogP contribution in [-0.2, 0) is 6.54 Å². The minimum atomic E-state index is -0.321. The lowest BCUT2D eigenvalue weighted by atomic mass is 10.0. The number of aromatic nitrogens is 3. The number of carbonyl (C=O) groups excluding carboxylic acids is 2. The summed E-state index contributed by atoms with van der Waals surface area (Å²) < 4.78 is 1.44. The molecule has 1 aliphatic carbocycles. The number of benzene rings is 2. The van der Waals surface area contributed by atoms with E-state index in [1.165, 1.54) is 16.9 Å². The van der Waals surface area contributed by atoms with Gasteiger partial charge in [0, 0.05) is 42.2 Å². The van der Waals surface area contributed by atoms with E-state index in [-0.39, 0.29) is 23.6 Å². The second-order valence-electron chi connectivity index (χ2n) is 9.42. The van der Waals surface area contributed by atoms with Crippen molar-refractivity contribution in [3.05, 3.63) is 95.4 Å². The molecule has 0 aliphatic heterocycles. The summed E-state index contributed by atoms with van der Waals surface area (Å²) >= 11 is 0. The van der Waals surface area contributed by atoms with Crippen molar-refractivity contribution in [2.75, 3.05) is 5.32 Å². The van der Waals surface area contributed by atoms with Gasteiger partial charge in [0.05, 0.1) is 17.0 Å². The number of nitrogens with one attached hydrogen (secondary N) is 2. The Balaban J connectivity index is 1.38. The van der Waals surface area contributed by atoms with Gasteiger partial charge in [0.2, 0.25) is 0 Å². The van der Waals surface area contributed by atoms with Gasteiger partial charge in [0.15, 0.2) is 0 Å². The molecule has 4 aromatic rings. The second kappa shape index (κ2) is 10.7. The maximum Gasteiger partial charge on any atom is 0.342 e. The Labute approximate surface area is 215 Å². The first-order chi connectivity index (χ1) is 18.0. The van der Waals surface area contributed by atoms with Crippen LogP contribution in [0.15, 0.2) is 73.1 Å². The first-order valence-corrected chi connectivity index (χ1v) is 12.5. The van der Waals surface area contributed by atoms with E-state index in [1.807, 2.05) is 37.3 Å². The Morgan fingerprint density at radius 1 is 1.05 bits per heavy atom. The van der Waals surface area contributed by atoms with Crippen molar-refractivity contribution >= 4 is 17.6 Å². The molecule has 1 fully saturated rings. The summed E-state index contributed by atoms with van der Waals surface area (Å²) in [5.41, 5.74) is 4.87. The van der Waals surface area contributed by atoms with E-state index in [2.05, 4.69) is 20.7 Å². The summed E-state index contributed by atoms with van der Waals surface area (Å²) in [5.74, 6) is -0.115. The van der Waals surface area contributed by atoms with Gasteiger partial charge in [-0.2, -0.15) is 9.78 Å². The van der Waals surface area contributed by atoms with Crippen LogP contribution >= 0.6 is 0 Å². The Morgan fingerprint density at radius 3 is 2.62 bits per heavy atom. The number of hydrogen-bond donors (Lipinski definition) is 3. The Hall–Kier alpha value is -4.46. The zero-order valence-electron chi connectivity index (χ0n) is 20.6. The minimum absolute atomic E-state index is 0.0354. The molecule has 1 aliphatic rings. The van der Waals surface area contributed by atoms with Crippen molar-refractivity contribution in [2.45, 2.75) is 45.1 Å². The lowest BCUT2D eigenvalue weighted by Crippen LogP contribution is -2.30. The van der Waals surface area contributed by atoms with E-state index in [9.17, 15) is 14.7 Å². The summed E-state index contributed by atoms with van der Waals surface area (Å²) in [4.78, 5) is 29.6. The number of pyridine rings is 1. The minimum Gasteiger partial charge on any atom is -0.507 e. The van der Waals surface area contributed by atoms with Gasteiger partial charge in [0.25, 0.3) is 5.91 Å². The van der Waals surface area contributed by atoms with Crippen molar-refractivity contribution < 1.29 is 14.7 Å². The summed E-state index contributed by atoms with van der Waals surface area (Å²) in [6.07, 6.45) is 7.31. The van der Waals surface area contributed by atoms with E-state index in [0.717, 1.165) is 42.5 Å². The number of aryl methyl sites for hydroxylation is 1. The number of anilines is 1. The number of phenols is 1. The van der Waals surface area contributed by atoms with Crippen LogP contribution in [0.4, 0.5) is 10.5 Å². The Bertz CT molecular complexity index is 1420. The quantitative estimate of drug-likeness (QED) is 0.321. The highest BCUT2D eigenvalue weighted by Gasteiger charge is 2.26. The van der Waals surface area contributed by atoms with Crippen LogP contribution in [0.1, 0.15) is 58.8 Å². The van der Waals surface area contributed by atoms with Crippen LogP contribution in [0, 0.1) is 6.92 Å². The number of nitrogens with zero attached hydrogens (tertiary/aromatic N) is 3. The molecule has 3 N–H and O–H groups in total. The van der Waals surface area contributed by atoms with Crippen LogP contribution in [-0.4, -0.2) is 31.8 Å². The second-order valence-corrected chi connectivity index (χ2v) is 9.42. The fraction of sp³-hybridized carbons (Fsp3) is 0.241. The van der Waals surface area contributed by atoms with Crippen molar-refractivity contribution in [2.24, 2.45) is 0 Å². The monoisotopic (exact) mass is 495 g/mol.